The molecule has 104 valence electrons. The second kappa shape index (κ2) is 11.1. The van der Waals surface area contributed by atoms with E-state index in [-0.39, 0.29) is 30.1 Å². The van der Waals surface area contributed by atoms with Crippen LogP contribution in [0.5, 0.6) is 0 Å². The predicted molar refractivity (Wildman–Crippen MR) is 85.0 cm³/mol. The van der Waals surface area contributed by atoms with Crippen molar-refractivity contribution in [3.63, 3.8) is 0 Å². The lowest BCUT2D eigenvalue weighted by Gasteiger charge is -2.19. The fourth-order valence-corrected chi connectivity index (χ4v) is 1.48. The Balaban J connectivity index is 0. The number of halogens is 1. The molecule has 0 bridgehead atoms. The van der Waals surface area contributed by atoms with Gasteiger partial charge in [0.15, 0.2) is 5.96 Å². The van der Waals surface area contributed by atoms with Gasteiger partial charge in [0.25, 0.3) is 0 Å². The molecule has 0 fully saturated rings. The number of aliphatic imine (C=N–C) groups is 1. The van der Waals surface area contributed by atoms with E-state index in [0.717, 1.165) is 13.0 Å². The molecule has 0 radical (unpaired) electrons. The molecule has 0 aromatic heterocycles. The van der Waals surface area contributed by atoms with Gasteiger partial charge >= 0.3 is 0 Å². The highest BCUT2D eigenvalue weighted by Gasteiger charge is 2.12. The van der Waals surface area contributed by atoms with Crippen molar-refractivity contribution in [1.82, 2.24) is 5.32 Å². The number of ether oxygens (including phenoxy) is 1. The standard InChI is InChI=1S/C12H27N3O.HI/c1-6-16-11(9(2)3)7-8-14-12(13)15-10(4)5;/h9-11H,6-8H2,1-5H3,(H3,13,14,15);1H. The molecule has 0 saturated carbocycles. The molecule has 0 aliphatic heterocycles. The van der Waals surface area contributed by atoms with Crippen molar-refractivity contribution in [3.8, 4) is 0 Å². The molecule has 0 aromatic carbocycles. The second-order valence-corrected chi connectivity index (χ2v) is 4.59. The summed E-state index contributed by atoms with van der Waals surface area (Å²) in [5.74, 6) is 1.04. The van der Waals surface area contributed by atoms with Crippen LogP contribution in [0.1, 0.15) is 41.0 Å². The third kappa shape index (κ3) is 10.8. The molecule has 5 heteroatoms. The Morgan fingerprint density at radius 3 is 2.29 bits per heavy atom. The fraction of sp³-hybridized carbons (Fsp3) is 0.917. The molecule has 3 N–H and O–H groups in total. The number of nitrogens with zero attached hydrogens (tertiary/aromatic N) is 1. The minimum absolute atomic E-state index is 0. The summed E-state index contributed by atoms with van der Waals surface area (Å²) in [5, 5.41) is 3.06. The van der Waals surface area contributed by atoms with E-state index in [1.165, 1.54) is 0 Å². The van der Waals surface area contributed by atoms with Gasteiger partial charge in [-0.1, -0.05) is 13.8 Å². The van der Waals surface area contributed by atoms with Gasteiger partial charge in [-0.3, -0.25) is 4.99 Å². The second-order valence-electron chi connectivity index (χ2n) is 4.59. The number of rotatable bonds is 7. The normalized spacial score (nSPS) is 13.7. The van der Waals surface area contributed by atoms with E-state index in [0.29, 0.717) is 24.5 Å². The van der Waals surface area contributed by atoms with Gasteiger partial charge in [-0.2, -0.15) is 0 Å². The van der Waals surface area contributed by atoms with Gasteiger partial charge in [0.05, 0.1) is 6.10 Å². The van der Waals surface area contributed by atoms with E-state index in [1.54, 1.807) is 0 Å². The third-order valence-electron chi connectivity index (χ3n) is 2.26. The Labute approximate surface area is 123 Å². The summed E-state index contributed by atoms with van der Waals surface area (Å²) in [6.45, 7) is 11.9. The van der Waals surface area contributed by atoms with E-state index < -0.39 is 0 Å². The maximum Gasteiger partial charge on any atom is 0.188 e. The summed E-state index contributed by atoms with van der Waals surface area (Å²) in [5.41, 5.74) is 5.71. The molecule has 0 saturated heterocycles. The molecule has 0 heterocycles. The first-order chi connectivity index (χ1) is 7.47. The largest absolute Gasteiger partial charge is 0.378 e. The molecule has 0 aliphatic carbocycles. The molecule has 0 spiro atoms. The van der Waals surface area contributed by atoms with Crippen LogP contribution in [-0.4, -0.2) is 31.3 Å². The van der Waals surface area contributed by atoms with E-state index in [9.17, 15) is 0 Å². The summed E-state index contributed by atoms with van der Waals surface area (Å²) in [6, 6.07) is 0.330. The van der Waals surface area contributed by atoms with Crippen LogP contribution in [0, 0.1) is 5.92 Å². The first-order valence-corrected chi connectivity index (χ1v) is 6.15. The average Bonchev–Trinajstić information content (AvgIpc) is 2.15. The van der Waals surface area contributed by atoms with E-state index in [4.69, 9.17) is 10.5 Å². The van der Waals surface area contributed by atoms with Crippen molar-refractivity contribution in [2.24, 2.45) is 16.6 Å². The van der Waals surface area contributed by atoms with E-state index in [2.05, 4.69) is 24.2 Å². The van der Waals surface area contributed by atoms with Crippen molar-refractivity contribution >= 4 is 29.9 Å². The van der Waals surface area contributed by atoms with Crippen LogP contribution in [0.3, 0.4) is 0 Å². The smallest absolute Gasteiger partial charge is 0.188 e. The molecule has 4 nitrogen and oxygen atoms in total. The zero-order chi connectivity index (χ0) is 12.6. The van der Waals surface area contributed by atoms with Crippen LogP contribution < -0.4 is 11.1 Å². The number of hydrogen-bond acceptors (Lipinski definition) is 2. The van der Waals surface area contributed by atoms with Gasteiger partial charge in [0, 0.05) is 19.2 Å². The van der Waals surface area contributed by atoms with E-state index >= 15 is 0 Å². The monoisotopic (exact) mass is 357 g/mol. The van der Waals surface area contributed by atoms with E-state index in [1.807, 2.05) is 20.8 Å². The number of nitrogens with two attached hydrogens (primary N) is 1. The van der Waals surface area contributed by atoms with Crippen LogP contribution in [0.15, 0.2) is 4.99 Å². The third-order valence-corrected chi connectivity index (χ3v) is 2.26. The number of nitrogens with one attached hydrogen (secondary N) is 1. The predicted octanol–water partition coefficient (Wildman–Crippen LogP) is 2.37. The lowest BCUT2D eigenvalue weighted by Crippen LogP contribution is -2.37. The molecule has 0 rings (SSSR count). The van der Waals surface area contributed by atoms with Gasteiger partial charge < -0.3 is 15.8 Å². The molecule has 1 unspecified atom stereocenters. The first-order valence-electron chi connectivity index (χ1n) is 6.15. The summed E-state index contributed by atoms with van der Waals surface area (Å²) in [6.07, 6.45) is 1.20. The number of hydrogen-bond donors (Lipinski definition) is 2. The van der Waals surface area contributed by atoms with Crippen LogP contribution in [-0.2, 0) is 4.74 Å². The Morgan fingerprint density at radius 1 is 1.29 bits per heavy atom. The SMILES string of the molecule is CCOC(CCN=C(N)NC(C)C)C(C)C.I. The maximum absolute atomic E-state index is 5.71. The highest BCUT2D eigenvalue weighted by molar-refractivity contribution is 14.0. The number of guanidine groups is 1. The molecule has 1 atom stereocenters. The molecular weight excluding hydrogens is 329 g/mol. The Kier molecular flexibility index (Phi) is 12.6. The Hall–Kier alpha value is -0.0400. The summed E-state index contributed by atoms with van der Waals surface area (Å²) in [7, 11) is 0. The highest BCUT2D eigenvalue weighted by atomic mass is 127. The van der Waals surface area contributed by atoms with Gasteiger partial charge in [-0.25, -0.2) is 0 Å². The van der Waals surface area contributed by atoms with Crippen LogP contribution in [0.4, 0.5) is 0 Å². The summed E-state index contributed by atoms with van der Waals surface area (Å²) < 4.78 is 5.64. The molecular formula is C12H28IN3O. The minimum atomic E-state index is 0. The first kappa shape index (κ1) is 19.3. The topological polar surface area (TPSA) is 59.6 Å². The van der Waals surface area contributed by atoms with Crippen molar-refractivity contribution < 1.29 is 4.74 Å². The molecule has 0 aromatic rings. The van der Waals surface area contributed by atoms with Crippen molar-refractivity contribution in [3.05, 3.63) is 0 Å². The van der Waals surface area contributed by atoms with Crippen molar-refractivity contribution in [2.75, 3.05) is 13.2 Å². The van der Waals surface area contributed by atoms with Gasteiger partial charge in [0.2, 0.25) is 0 Å². The zero-order valence-corrected chi connectivity index (χ0v) is 14.0. The lowest BCUT2D eigenvalue weighted by molar-refractivity contribution is 0.0266. The Bertz CT molecular complexity index is 208. The molecule has 0 amide bonds. The van der Waals surface area contributed by atoms with Gasteiger partial charge in [-0.05, 0) is 33.1 Å². The van der Waals surface area contributed by atoms with Crippen molar-refractivity contribution in [1.29, 1.82) is 0 Å². The highest BCUT2D eigenvalue weighted by Crippen LogP contribution is 2.10. The fourth-order valence-electron chi connectivity index (χ4n) is 1.48. The van der Waals surface area contributed by atoms with Crippen LogP contribution in [0.2, 0.25) is 0 Å². The molecule has 17 heavy (non-hydrogen) atoms. The van der Waals surface area contributed by atoms with Gasteiger partial charge in [-0.15, -0.1) is 24.0 Å². The zero-order valence-electron chi connectivity index (χ0n) is 11.7. The van der Waals surface area contributed by atoms with Gasteiger partial charge in [0.1, 0.15) is 0 Å². The average molecular weight is 357 g/mol. The Morgan fingerprint density at radius 2 is 1.88 bits per heavy atom. The quantitative estimate of drug-likeness (QED) is 0.418. The van der Waals surface area contributed by atoms with Crippen LogP contribution in [0.25, 0.3) is 0 Å². The summed E-state index contributed by atoms with van der Waals surface area (Å²) >= 11 is 0. The maximum atomic E-state index is 5.71. The lowest BCUT2D eigenvalue weighted by atomic mass is 10.0. The van der Waals surface area contributed by atoms with Crippen LogP contribution >= 0.6 is 24.0 Å². The minimum Gasteiger partial charge on any atom is -0.378 e. The van der Waals surface area contributed by atoms with Crippen molar-refractivity contribution in [2.45, 2.75) is 53.2 Å². The molecule has 0 aliphatic rings. The summed E-state index contributed by atoms with van der Waals surface area (Å²) in [4.78, 5) is 4.27.